The van der Waals surface area contributed by atoms with E-state index in [9.17, 15) is 5.11 Å². The maximum atomic E-state index is 9.79. The number of nitrogens with two attached hydrogens (primary N) is 1. The molecule has 0 saturated heterocycles. The molecule has 2 aromatic heterocycles. The molecule has 4 rings (SSSR count). The minimum absolute atomic E-state index is 0.00274. The zero-order valence-electron chi connectivity index (χ0n) is 18.7. The third-order valence-electron chi connectivity index (χ3n) is 6.29. The van der Waals surface area contributed by atoms with Crippen molar-refractivity contribution < 1.29 is 5.11 Å². The molecule has 1 fully saturated rings. The number of aliphatic hydroxyl groups is 1. The van der Waals surface area contributed by atoms with Crippen LogP contribution in [0.4, 0.5) is 17.5 Å². The van der Waals surface area contributed by atoms with Gasteiger partial charge < -0.3 is 26.0 Å². The molecular formula is C23H32ClN7O. The lowest BCUT2D eigenvalue weighted by Crippen LogP contribution is -2.30. The van der Waals surface area contributed by atoms with Gasteiger partial charge in [0.1, 0.15) is 0 Å². The Hall–Kier alpha value is -2.58. The number of nitrogens with zero attached hydrogens (tertiary/aromatic N) is 4. The molecule has 0 bridgehead atoms. The summed E-state index contributed by atoms with van der Waals surface area (Å²) in [5, 5.41) is 17.0. The van der Waals surface area contributed by atoms with Crippen molar-refractivity contribution in [1.29, 1.82) is 0 Å². The van der Waals surface area contributed by atoms with Crippen LogP contribution in [-0.2, 0) is 6.54 Å². The molecule has 172 valence electrons. The van der Waals surface area contributed by atoms with E-state index in [0.717, 1.165) is 29.6 Å². The van der Waals surface area contributed by atoms with E-state index < -0.39 is 0 Å². The number of benzene rings is 1. The molecule has 2 heterocycles. The number of nitrogens with one attached hydrogen (secondary N) is 2. The first-order chi connectivity index (χ1) is 15.5. The smallest absolute Gasteiger partial charge is 0.227 e. The van der Waals surface area contributed by atoms with Crippen molar-refractivity contribution in [2.45, 2.75) is 64.6 Å². The minimum atomic E-state index is -0.144. The molecule has 5 N–H and O–H groups in total. The molecule has 9 heteroatoms. The SMILES string of the molecule is CC(C)C(CO)Nc1nc(NCc2cccc(Cl)c2N)c2ncn(C3CCCCC3)c2n1. The highest BCUT2D eigenvalue weighted by atomic mass is 35.5. The number of hydrogen-bond acceptors (Lipinski definition) is 7. The minimum Gasteiger partial charge on any atom is -0.397 e. The second kappa shape index (κ2) is 9.92. The molecule has 0 radical (unpaired) electrons. The maximum Gasteiger partial charge on any atom is 0.227 e. The zero-order chi connectivity index (χ0) is 22.7. The summed E-state index contributed by atoms with van der Waals surface area (Å²) in [6.07, 6.45) is 7.87. The fourth-order valence-corrected chi connectivity index (χ4v) is 4.43. The summed E-state index contributed by atoms with van der Waals surface area (Å²) in [5.74, 6) is 1.33. The molecule has 1 unspecified atom stereocenters. The van der Waals surface area contributed by atoms with Crippen LogP contribution in [0, 0.1) is 5.92 Å². The van der Waals surface area contributed by atoms with Gasteiger partial charge in [0.25, 0.3) is 0 Å². The lowest BCUT2D eigenvalue weighted by molar-refractivity contribution is 0.248. The Morgan fingerprint density at radius 2 is 2.00 bits per heavy atom. The number of nitrogen functional groups attached to an aromatic ring is 1. The van der Waals surface area contributed by atoms with Gasteiger partial charge in [-0.15, -0.1) is 0 Å². The lowest BCUT2D eigenvalue weighted by atomic mass is 9.95. The molecule has 3 aromatic rings. The van der Waals surface area contributed by atoms with E-state index in [-0.39, 0.29) is 18.6 Å². The van der Waals surface area contributed by atoms with Crippen LogP contribution in [-0.4, -0.2) is 37.3 Å². The van der Waals surface area contributed by atoms with E-state index in [1.807, 2.05) is 18.5 Å². The molecule has 0 amide bonds. The van der Waals surface area contributed by atoms with Gasteiger partial charge in [0.05, 0.1) is 29.7 Å². The van der Waals surface area contributed by atoms with Crippen LogP contribution in [0.1, 0.15) is 57.6 Å². The first-order valence-electron chi connectivity index (χ1n) is 11.4. The van der Waals surface area contributed by atoms with Gasteiger partial charge >= 0.3 is 0 Å². The molecule has 0 spiro atoms. The van der Waals surface area contributed by atoms with Crippen molar-refractivity contribution in [2.24, 2.45) is 5.92 Å². The predicted octanol–water partition coefficient (Wildman–Crippen LogP) is 4.61. The molecule has 1 aliphatic rings. The number of rotatable bonds is 8. The van der Waals surface area contributed by atoms with Crippen molar-refractivity contribution in [1.82, 2.24) is 19.5 Å². The van der Waals surface area contributed by atoms with Gasteiger partial charge in [0.15, 0.2) is 17.0 Å². The summed E-state index contributed by atoms with van der Waals surface area (Å²) >= 11 is 6.18. The van der Waals surface area contributed by atoms with Gasteiger partial charge in [-0.1, -0.05) is 56.8 Å². The summed E-state index contributed by atoms with van der Waals surface area (Å²) in [7, 11) is 0. The number of imidazole rings is 1. The van der Waals surface area contributed by atoms with Crippen LogP contribution in [0.3, 0.4) is 0 Å². The maximum absolute atomic E-state index is 9.79. The summed E-state index contributed by atoms with van der Waals surface area (Å²) in [6, 6.07) is 5.84. The van der Waals surface area contributed by atoms with Crippen LogP contribution in [0.15, 0.2) is 24.5 Å². The first-order valence-corrected chi connectivity index (χ1v) is 11.7. The Labute approximate surface area is 193 Å². The number of hydrogen-bond donors (Lipinski definition) is 4. The first kappa shape index (κ1) is 22.6. The van der Waals surface area contributed by atoms with Gasteiger partial charge in [0.2, 0.25) is 5.95 Å². The Bertz CT molecular complexity index is 1060. The van der Waals surface area contributed by atoms with Crippen molar-refractivity contribution in [3.63, 3.8) is 0 Å². The molecular weight excluding hydrogens is 426 g/mol. The van der Waals surface area contributed by atoms with E-state index in [1.165, 1.54) is 19.3 Å². The number of fused-ring (bicyclic) bond motifs is 1. The molecule has 1 saturated carbocycles. The largest absolute Gasteiger partial charge is 0.397 e. The van der Waals surface area contributed by atoms with Gasteiger partial charge in [-0.25, -0.2) is 4.98 Å². The van der Waals surface area contributed by atoms with Crippen LogP contribution >= 0.6 is 11.6 Å². The number of halogens is 1. The second-order valence-corrected chi connectivity index (χ2v) is 9.26. The van der Waals surface area contributed by atoms with Crippen molar-refractivity contribution in [3.05, 3.63) is 35.1 Å². The number of para-hydroxylation sites is 1. The Morgan fingerprint density at radius 3 is 2.72 bits per heavy atom. The fraction of sp³-hybridized carbons (Fsp3) is 0.522. The van der Waals surface area contributed by atoms with E-state index in [1.54, 1.807) is 6.07 Å². The van der Waals surface area contributed by atoms with E-state index in [2.05, 4.69) is 34.0 Å². The third-order valence-corrected chi connectivity index (χ3v) is 6.62. The number of aliphatic hydroxyl groups excluding tert-OH is 1. The highest BCUT2D eigenvalue weighted by Gasteiger charge is 2.22. The van der Waals surface area contributed by atoms with E-state index in [4.69, 9.17) is 27.3 Å². The van der Waals surface area contributed by atoms with Crippen molar-refractivity contribution >= 4 is 40.2 Å². The zero-order valence-corrected chi connectivity index (χ0v) is 19.4. The quantitative estimate of drug-likeness (QED) is 0.365. The van der Waals surface area contributed by atoms with E-state index in [0.29, 0.717) is 35.1 Å². The third kappa shape index (κ3) is 4.76. The average Bonchev–Trinajstić information content (AvgIpc) is 3.22. The van der Waals surface area contributed by atoms with Crippen molar-refractivity contribution in [2.75, 3.05) is 23.0 Å². The molecule has 1 aliphatic carbocycles. The van der Waals surface area contributed by atoms with Crippen LogP contribution in [0.25, 0.3) is 11.2 Å². The molecule has 8 nitrogen and oxygen atoms in total. The second-order valence-electron chi connectivity index (χ2n) is 8.86. The standard InChI is InChI=1S/C23H32ClN7O/c1-14(2)18(12-32)28-23-29-21(26-11-15-7-6-10-17(24)19(15)25)20-22(30-23)31(13-27-20)16-8-4-3-5-9-16/h6-7,10,13-14,16,18,32H,3-5,8-9,11-12,25H2,1-2H3,(H2,26,28,29,30). The molecule has 1 atom stereocenters. The predicted molar refractivity (Wildman–Crippen MR) is 130 cm³/mol. The van der Waals surface area contributed by atoms with Gasteiger partial charge in [-0.05, 0) is 30.4 Å². The average molecular weight is 458 g/mol. The van der Waals surface area contributed by atoms with Gasteiger partial charge in [-0.2, -0.15) is 9.97 Å². The van der Waals surface area contributed by atoms with Gasteiger partial charge in [0, 0.05) is 12.6 Å². The highest BCUT2D eigenvalue weighted by molar-refractivity contribution is 6.33. The Balaban J connectivity index is 1.70. The summed E-state index contributed by atoms with van der Waals surface area (Å²) in [6.45, 7) is 4.57. The topological polar surface area (TPSA) is 114 Å². The summed E-state index contributed by atoms with van der Waals surface area (Å²) < 4.78 is 2.18. The summed E-state index contributed by atoms with van der Waals surface area (Å²) in [5.41, 5.74) is 9.12. The van der Waals surface area contributed by atoms with Crippen LogP contribution in [0.2, 0.25) is 5.02 Å². The molecule has 0 aliphatic heterocycles. The monoisotopic (exact) mass is 457 g/mol. The molecule has 1 aromatic carbocycles. The Morgan fingerprint density at radius 1 is 1.22 bits per heavy atom. The Kier molecular flexibility index (Phi) is 7.01. The van der Waals surface area contributed by atoms with E-state index >= 15 is 0 Å². The van der Waals surface area contributed by atoms with Gasteiger partial charge in [-0.3, -0.25) is 0 Å². The van der Waals surface area contributed by atoms with Crippen LogP contribution < -0.4 is 16.4 Å². The lowest BCUT2D eigenvalue weighted by Gasteiger charge is -2.24. The summed E-state index contributed by atoms with van der Waals surface area (Å²) in [4.78, 5) is 14.2. The fourth-order valence-electron chi connectivity index (χ4n) is 4.23. The normalized spacial score (nSPS) is 15.9. The highest BCUT2D eigenvalue weighted by Crippen LogP contribution is 2.32. The van der Waals surface area contributed by atoms with Crippen molar-refractivity contribution in [3.8, 4) is 0 Å². The molecule has 32 heavy (non-hydrogen) atoms. The number of anilines is 3. The van der Waals surface area contributed by atoms with Crippen LogP contribution in [0.5, 0.6) is 0 Å². The number of aromatic nitrogens is 4.